The largest absolute Gasteiger partial charge is 0.335 e. The molecule has 0 saturated heterocycles. The van der Waals surface area contributed by atoms with E-state index in [9.17, 15) is 22.0 Å². The number of sulfone groups is 1. The number of benzene rings is 1. The molecular weight excluding hydrogens is 428 g/mol. The maximum Gasteiger partial charge on any atom is 0.335 e. The lowest BCUT2D eigenvalue weighted by Gasteiger charge is -2.10. The van der Waals surface area contributed by atoms with Gasteiger partial charge in [0, 0.05) is 18.5 Å². The zero-order valence-corrected chi connectivity index (χ0v) is 17.6. The van der Waals surface area contributed by atoms with Crippen molar-refractivity contribution in [2.45, 2.75) is 33.0 Å². The summed E-state index contributed by atoms with van der Waals surface area (Å²) in [4.78, 5) is 21.4. The van der Waals surface area contributed by atoms with Crippen molar-refractivity contribution in [2.75, 3.05) is 11.5 Å². The molecule has 4 aromatic rings. The molecule has 164 valence electrons. The van der Waals surface area contributed by atoms with Gasteiger partial charge in [0.15, 0.2) is 5.65 Å². The van der Waals surface area contributed by atoms with Gasteiger partial charge in [-0.2, -0.15) is 8.78 Å². The van der Waals surface area contributed by atoms with Gasteiger partial charge in [-0.3, -0.25) is 4.57 Å². The SMILES string of the molecule is CCS(=O)(=O)CCCn1c(Cn2c(=O)n(C(F)F)c3cccnc32)nc2ccccc21. The first-order valence-electron chi connectivity index (χ1n) is 9.81. The van der Waals surface area contributed by atoms with E-state index in [0.29, 0.717) is 28.9 Å². The molecule has 1 aromatic carbocycles. The van der Waals surface area contributed by atoms with Crippen molar-refractivity contribution in [1.82, 2.24) is 23.7 Å². The number of aromatic nitrogens is 5. The van der Waals surface area contributed by atoms with Gasteiger partial charge in [0.05, 0.1) is 28.8 Å². The van der Waals surface area contributed by atoms with Crippen LogP contribution in [-0.2, 0) is 22.9 Å². The highest BCUT2D eigenvalue weighted by Crippen LogP contribution is 2.21. The van der Waals surface area contributed by atoms with Crippen molar-refractivity contribution >= 4 is 32.0 Å². The smallest absolute Gasteiger partial charge is 0.326 e. The van der Waals surface area contributed by atoms with Gasteiger partial charge in [0.2, 0.25) is 0 Å². The fraction of sp³-hybridized carbons (Fsp3) is 0.350. The van der Waals surface area contributed by atoms with Gasteiger partial charge in [-0.15, -0.1) is 0 Å². The van der Waals surface area contributed by atoms with Gasteiger partial charge in [-0.05, 0) is 30.7 Å². The van der Waals surface area contributed by atoms with Gasteiger partial charge in [-0.25, -0.2) is 27.7 Å². The van der Waals surface area contributed by atoms with Crippen LogP contribution in [0.5, 0.6) is 0 Å². The first kappa shape index (κ1) is 21.2. The zero-order chi connectivity index (χ0) is 22.2. The van der Waals surface area contributed by atoms with Crippen molar-refractivity contribution in [3.63, 3.8) is 0 Å². The van der Waals surface area contributed by atoms with Crippen molar-refractivity contribution in [3.05, 3.63) is 58.9 Å². The molecule has 0 aliphatic rings. The summed E-state index contributed by atoms with van der Waals surface area (Å²) in [6.45, 7) is -1.10. The minimum absolute atomic E-state index is 0.0294. The van der Waals surface area contributed by atoms with Crippen LogP contribution in [0.4, 0.5) is 8.78 Å². The minimum atomic E-state index is -3.13. The minimum Gasteiger partial charge on any atom is -0.326 e. The van der Waals surface area contributed by atoms with Crippen molar-refractivity contribution in [2.24, 2.45) is 0 Å². The van der Waals surface area contributed by atoms with E-state index in [1.54, 1.807) is 6.92 Å². The maximum absolute atomic E-state index is 13.5. The highest BCUT2D eigenvalue weighted by Gasteiger charge is 2.22. The number of nitrogens with zero attached hydrogens (tertiary/aromatic N) is 5. The Hall–Kier alpha value is -3.08. The second kappa shape index (κ2) is 8.22. The summed E-state index contributed by atoms with van der Waals surface area (Å²) in [5.41, 5.74) is 0.759. The lowest BCUT2D eigenvalue weighted by molar-refractivity contribution is 0.0703. The molecule has 3 aromatic heterocycles. The van der Waals surface area contributed by atoms with E-state index in [2.05, 4.69) is 9.97 Å². The fourth-order valence-electron chi connectivity index (χ4n) is 3.66. The number of pyridine rings is 1. The first-order chi connectivity index (χ1) is 14.8. The monoisotopic (exact) mass is 449 g/mol. The molecule has 8 nitrogen and oxygen atoms in total. The van der Waals surface area contributed by atoms with E-state index >= 15 is 0 Å². The Bertz CT molecular complexity index is 1410. The number of aryl methyl sites for hydroxylation is 1. The van der Waals surface area contributed by atoms with Crippen LogP contribution in [0.2, 0.25) is 0 Å². The van der Waals surface area contributed by atoms with Crippen LogP contribution in [0.15, 0.2) is 47.4 Å². The molecule has 3 heterocycles. The summed E-state index contributed by atoms with van der Waals surface area (Å²) < 4.78 is 54.2. The number of imidazole rings is 2. The quantitative estimate of drug-likeness (QED) is 0.413. The summed E-state index contributed by atoms with van der Waals surface area (Å²) in [6.07, 6.45) is 1.81. The Labute approximate surface area is 176 Å². The van der Waals surface area contributed by atoms with E-state index in [0.717, 1.165) is 5.52 Å². The predicted molar refractivity (Wildman–Crippen MR) is 113 cm³/mol. The van der Waals surface area contributed by atoms with Crippen LogP contribution in [0.25, 0.3) is 22.2 Å². The van der Waals surface area contributed by atoms with Crippen LogP contribution in [0.3, 0.4) is 0 Å². The summed E-state index contributed by atoms with van der Waals surface area (Å²) in [6, 6.07) is 10.2. The number of halogens is 2. The molecule has 0 saturated carbocycles. The third kappa shape index (κ3) is 3.97. The van der Waals surface area contributed by atoms with Crippen LogP contribution < -0.4 is 5.69 Å². The molecule has 0 aliphatic carbocycles. The predicted octanol–water partition coefficient (Wildman–Crippen LogP) is 2.82. The molecule has 31 heavy (non-hydrogen) atoms. The maximum atomic E-state index is 13.5. The lowest BCUT2D eigenvalue weighted by Crippen LogP contribution is -2.26. The van der Waals surface area contributed by atoms with Crippen molar-refractivity contribution in [3.8, 4) is 0 Å². The molecule has 0 radical (unpaired) electrons. The van der Waals surface area contributed by atoms with Gasteiger partial charge in [0.25, 0.3) is 0 Å². The summed E-state index contributed by atoms with van der Waals surface area (Å²) in [5, 5.41) is 0. The van der Waals surface area contributed by atoms with E-state index < -0.39 is 22.1 Å². The third-order valence-electron chi connectivity index (χ3n) is 5.22. The standard InChI is InChI=1S/C20H21F2N5O3S/c1-2-31(29,30)12-6-11-25-15-8-4-3-7-14(15)24-17(25)13-26-18-16(9-5-10-23-18)27(19(21)22)20(26)28/h3-5,7-10,19H,2,6,11-13H2,1H3. The number of hydrogen-bond donors (Lipinski definition) is 0. The molecule has 0 bridgehead atoms. The Morgan fingerprint density at radius 3 is 2.55 bits per heavy atom. The molecule has 0 aliphatic heterocycles. The Kier molecular flexibility index (Phi) is 5.61. The van der Waals surface area contributed by atoms with Crippen molar-refractivity contribution < 1.29 is 17.2 Å². The zero-order valence-electron chi connectivity index (χ0n) is 16.8. The summed E-state index contributed by atoms with van der Waals surface area (Å²) in [7, 11) is -3.13. The number of fused-ring (bicyclic) bond motifs is 2. The van der Waals surface area contributed by atoms with Gasteiger partial charge in [-0.1, -0.05) is 19.1 Å². The molecule has 0 spiro atoms. The second-order valence-corrected chi connectivity index (χ2v) is 9.59. The van der Waals surface area contributed by atoms with Crippen LogP contribution in [0.1, 0.15) is 25.7 Å². The average molecular weight is 449 g/mol. The molecule has 4 rings (SSSR count). The van der Waals surface area contributed by atoms with E-state index in [1.165, 1.54) is 22.9 Å². The van der Waals surface area contributed by atoms with Crippen LogP contribution in [-0.4, -0.2) is 43.6 Å². The first-order valence-corrected chi connectivity index (χ1v) is 11.6. The number of para-hydroxylation sites is 2. The Morgan fingerprint density at radius 1 is 1.06 bits per heavy atom. The van der Waals surface area contributed by atoms with Gasteiger partial charge >= 0.3 is 12.2 Å². The molecule has 11 heteroatoms. The number of rotatable bonds is 8. The highest BCUT2D eigenvalue weighted by atomic mass is 32.2. The van der Waals surface area contributed by atoms with Crippen LogP contribution in [0, 0.1) is 0 Å². The normalized spacial score (nSPS) is 12.4. The summed E-state index contributed by atoms with van der Waals surface area (Å²) >= 11 is 0. The Morgan fingerprint density at radius 2 is 1.81 bits per heavy atom. The third-order valence-corrected chi connectivity index (χ3v) is 7.01. The lowest BCUT2D eigenvalue weighted by atomic mass is 10.3. The average Bonchev–Trinajstić information content (AvgIpc) is 3.23. The molecule has 0 atom stereocenters. The molecule has 0 fully saturated rings. The van der Waals surface area contributed by atoms with Crippen LogP contribution >= 0.6 is 0 Å². The molecule has 0 unspecified atom stereocenters. The van der Waals surface area contributed by atoms with Crippen molar-refractivity contribution in [1.29, 1.82) is 0 Å². The van der Waals surface area contributed by atoms with Gasteiger partial charge < -0.3 is 4.57 Å². The van der Waals surface area contributed by atoms with Gasteiger partial charge in [0.1, 0.15) is 15.7 Å². The van der Waals surface area contributed by atoms with E-state index in [-0.39, 0.29) is 29.2 Å². The number of alkyl halides is 2. The fourth-order valence-corrected chi connectivity index (χ4v) is 4.52. The number of hydrogen-bond acceptors (Lipinski definition) is 5. The topological polar surface area (TPSA) is 91.8 Å². The second-order valence-electron chi connectivity index (χ2n) is 7.12. The molecule has 0 amide bonds. The Balaban J connectivity index is 1.78. The molecule has 0 N–H and O–H groups in total. The van der Waals surface area contributed by atoms with E-state index in [4.69, 9.17) is 0 Å². The highest BCUT2D eigenvalue weighted by molar-refractivity contribution is 7.91. The molecular formula is C20H21F2N5O3S. The summed E-state index contributed by atoms with van der Waals surface area (Å²) in [5.74, 6) is 0.566. The van der Waals surface area contributed by atoms with E-state index in [1.807, 2.05) is 28.8 Å².